The van der Waals surface area contributed by atoms with Gasteiger partial charge in [0.1, 0.15) is 11.6 Å². The van der Waals surface area contributed by atoms with Crippen LogP contribution in [0.2, 0.25) is 0 Å². The van der Waals surface area contributed by atoms with Crippen LogP contribution in [0, 0.1) is 34.5 Å². The lowest BCUT2D eigenvalue weighted by molar-refractivity contribution is -0.219. The second kappa shape index (κ2) is 5.03. The van der Waals surface area contributed by atoms with Crippen LogP contribution < -0.4 is 0 Å². The van der Waals surface area contributed by atoms with Gasteiger partial charge in [0.05, 0.1) is 5.60 Å². The molecule has 4 rings (SSSR count). The molecule has 0 radical (unpaired) electrons. The van der Waals surface area contributed by atoms with Crippen molar-refractivity contribution < 1.29 is 14.7 Å². The minimum absolute atomic E-state index is 0.0361. The highest BCUT2D eigenvalue weighted by atomic mass is 16.3. The van der Waals surface area contributed by atoms with Gasteiger partial charge in [-0.2, -0.15) is 0 Å². The topological polar surface area (TPSA) is 54.4 Å². The highest BCUT2D eigenvalue weighted by molar-refractivity contribution is 5.87. The molecule has 3 heteroatoms. The van der Waals surface area contributed by atoms with Crippen molar-refractivity contribution in [2.75, 3.05) is 0 Å². The van der Waals surface area contributed by atoms with Crippen molar-refractivity contribution >= 4 is 11.6 Å². The Kier molecular flexibility index (Phi) is 3.46. The lowest BCUT2D eigenvalue weighted by Crippen LogP contribution is -2.65. The van der Waals surface area contributed by atoms with Gasteiger partial charge in [-0.15, -0.1) is 6.58 Å². The van der Waals surface area contributed by atoms with Crippen LogP contribution in [-0.4, -0.2) is 22.3 Å². The predicted octanol–water partition coefficient (Wildman–Crippen LogP) is 3.69. The summed E-state index contributed by atoms with van der Waals surface area (Å²) < 4.78 is 0. The highest BCUT2D eigenvalue weighted by Crippen LogP contribution is 2.67. The maximum absolute atomic E-state index is 12.5. The normalized spacial score (nSPS) is 54.0. The lowest BCUT2D eigenvalue weighted by Gasteiger charge is -2.64. The van der Waals surface area contributed by atoms with E-state index in [-0.39, 0.29) is 29.0 Å². The van der Waals surface area contributed by atoms with Crippen LogP contribution in [0.1, 0.15) is 65.2 Å². The quantitative estimate of drug-likeness (QED) is 0.746. The maximum Gasteiger partial charge on any atom is 0.139 e. The first-order valence-electron chi connectivity index (χ1n) is 9.66. The minimum atomic E-state index is -0.943. The summed E-state index contributed by atoms with van der Waals surface area (Å²) in [6.45, 7) is 8.39. The van der Waals surface area contributed by atoms with E-state index in [4.69, 9.17) is 0 Å². The van der Waals surface area contributed by atoms with Crippen LogP contribution >= 0.6 is 0 Å². The Morgan fingerprint density at radius 3 is 2.58 bits per heavy atom. The summed E-state index contributed by atoms with van der Waals surface area (Å²) in [4.78, 5) is 24.6. The summed E-state index contributed by atoms with van der Waals surface area (Å²) in [6.07, 6.45) is 8.13. The van der Waals surface area contributed by atoms with Crippen molar-refractivity contribution in [2.45, 2.75) is 70.8 Å². The standard InChI is InChI=1S/C21H30O3/c1-4-13-11-15-16-5-6-18(23)19(16,2)9-8-17(15)20(3)10-7-14(22)12-21(13,20)24/h4,13,15-17,24H,1,5-12H2,2-3H3/t13-,15+,16+,17+,19+,20-,21+/m1/s1. The molecule has 4 aliphatic carbocycles. The van der Waals surface area contributed by atoms with E-state index in [1.165, 1.54) is 0 Å². The number of Topliss-reactive ketones (excluding diaryl/α,β-unsaturated/α-hetero) is 2. The van der Waals surface area contributed by atoms with E-state index >= 15 is 0 Å². The zero-order valence-electron chi connectivity index (χ0n) is 15.0. The van der Waals surface area contributed by atoms with Gasteiger partial charge in [0.15, 0.2) is 0 Å². The van der Waals surface area contributed by atoms with Crippen molar-refractivity contribution in [1.82, 2.24) is 0 Å². The van der Waals surface area contributed by atoms with Crippen molar-refractivity contribution in [3.63, 3.8) is 0 Å². The molecule has 0 aromatic heterocycles. The Hall–Kier alpha value is -0.960. The smallest absolute Gasteiger partial charge is 0.139 e. The number of hydrogen-bond acceptors (Lipinski definition) is 3. The Bertz CT molecular complexity index is 610. The monoisotopic (exact) mass is 330 g/mol. The number of fused-ring (bicyclic) bond motifs is 5. The molecule has 4 aliphatic rings. The van der Waals surface area contributed by atoms with Gasteiger partial charge in [0.25, 0.3) is 0 Å². The number of hydrogen-bond donors (Lipinski definition) is 1. The molecule has 0 aromatic rings. The molecule has 0 aromatic carbocycles. The molecule has 0 aliphatic heterocycles. The molecule has 0 unspecified atom stereocenters. The van der Waals surface area contributed by atoms with Gasteiger partial charge in [-0.3, -0.25) is 9.59 Å². The molecule has 0 saturated heterocycles. The average molecular weight is 330 g/mol. The Balaban J connectivity index is 1.77. The van der Waals surface area contributed by atoms with Crippen LogP contribution in [0.5, 0.6) is 0 Å². The fraction of sp³-hybridized carbons (Fsp3) is 0.810. The van der Waals surface area contributed by atoms with Gasteiger partial charge in [0, 0.05) is 36.0 Å². The molecular formula is C21H30O3. The summed E-state index contributed by atoms with van der Waals surface area (Å²) >= 11 is 0. The third-order valence-corrected chi connectivity index (χ3v) is 8.77. The summed E-state index contributed by atoms with van der Waals surface area (Å²) in [7, 11) is 0. The molecule has 3 nitrogen and oxygen atoms in total. The predicted molar refractivity (Wildman–Crippen MR) is 92.3 cm³/mol. The molecule has 4 saturated carbocycles. The summed E-state index contributed by atoms with van der Waals surface area (Å²) in [6, 6.07) is 0. The first-order chi connectivity index (χ1) is 11.3. The zero-order chi connectivity index (χ0) is 17.3. The first-order valence-corrected chi connectivity index (χ1v) is 9.66. The van der Waals surface area contributed by atoms with Gasteiger partial charge in [0.2, 0.25) is 0 Å². The molecule has 4 fully saturated rings. The van der Waals surface area contributed by atoms with Crippen molar-refractivity contribution in [1.29, 1.82) is 0 Å². The van der Waals surface area contributed by atoms with E-state index in [1.54, 1.807) is 0 Å². The summed E-state index contributed by atoms with van der Waals surface area (Å²) in [5.74, 6) is 1.96. The van der Waals surface area contributed by atoms with Crippen LogP contribution in [0.25, 0.3) is 0 Å². The van der Waals surface area contributed by atoms with Gasteiger partial charge in [-0.05, 0) is 49.9 Å². The third kappa shape index (κ3) is 1.83. The van der Waals surface area contributed by atoms with Gasteiger partial charge < -0.3 is 5.11 Å². The SMILES string of the molecule is C=C[C@@H]1C[C@H]2[C@@H]3CCC(=O)[C@@]3(C)CC[C@@H]2[C@@]2(C)CCC(=O)C[C@]12O. The van der Waals surface area contributed by atoms with Gasteiger partial charge in [-0.1, -0.05) is 19.9 Å². The largest absolute Gasteiger partial charge is 0.388 e. The summed E-state index contributed by atoms with van der Waals surface area (Å²) in [5, 5.41) is 11.6. The molecular weight excluding hydrogens is 300 g/mol. The Labute approximate surface area is 144 Å². The number of aliphatic hydroxyl groups is 1. The van der Waals surface area contributed by atoms with E-state index in [1.807, 2.05) is 6.08 Å². The number of rotatable bonds is 1. The molecule has 132 valence electrons. The van der Waals surface area contributed by atoms with Crippen molar-refractivity contribution in [3.05, 3.63) is 12.7 Å². The fourth-order valence-electron chi connectivity index (χ4n) is 7.23. The second-order valence-electron chi connectivity index (χ2n) is 9.43. The maximum atomic E-state index is 12.5. The Morgan fingerprint density at radius 1 is 1.12 bits per heavy atom. The van der Waals surface area contributed by atoms with E-state index in [9.17, 15) is 14.7 Å². The van der Waals surface area contributed by atoms with E-state index in [2.05, 4.69) is 20.4 Å². The summed E-state index contributed by atoms with van der Waals surface area (Å²) in [5.41, 5.74) is -1.32. The van der Waals surface area contributed by atoms with Crippen LogP contribution in [0.3, 0.4) is 0 Å². The molecule has 0 heterocycles. The molecule has 0 spiro atoms. The third-order valence-electron chi connectivity index (χ3n) is 8.77. The van der Waals surface area contributed by atoms with Gasteiger partial charge >= 0.3 is 0 Å². The fourth-order valence-corrected chi connectivity index (χ4v) is 7.23. The number of carbonyl (C=O) groups is 2. The molecule has 0 amide bonds. The molecule has 24 heavy (non-hydrogen) atoms. The van der Waals surface area contributed by atoms with E-state index in [0.717, 1.165) is 38.5 Å². The van der Waals surface area contributed by atoms with E-state index < -0.39 is 5.60 Å². The van der Waals surface area contributed by atoms with Crippen molar-refractivity contribution in [3.8, 4) is 0 Å². The second-order valence-corrected chi connectivity index (χ2v) is 9.43. The van der Waals surface area contributed by atoms with Crippen molar-refractivity contribution in [2.24, 2.45) is 34.5 Å². The number of ketones is 2. The van der Waals surface area contributed by atoms with Crippen LogP contribution in [-0.2, 0) is 9.59 Å². The lowest BCUT2D eigenvalue weighted by atomic mass is 9.41. The number of carbonyl (C=O) groups excluding carboxylic acids is 2. The van der Waals surface area contributed by atoms with Crippen LogP contribution in [0.15, 0.2) is 12.7 Å². The highest BCUT2D eigenvalue weighted by Gasteiger charge is 2.66. The molecule has 7 atom stereocenters. The average Bonchev–Trinajstić information content (AvgIpc) is 2.84. The zero-order valence-corrected chi connectivity index (χ0v) is 15.0. The molecule has 1 N–H and O–H groups in total. The Morgan fingerprint density at radius 2 is 1.88 bits per heavy atom. The first kappa shape index (κ1) is 16.5. The molecule has 0 bridgehead atoms. The van der Waals surface area contributed by atoms with E-state index in [0.29, 0.717) is 30.0 Å². The minimum Gasteiger partial charge on any atom is -0.388 e. The van der Waals surface area contributed by atoms with Crippen LogP contribution in [0.4, 0.5) is 0 Å². The van der Waals surface area contributed by atoms with Gasteiger partial charge in [-0.25, -0.2) is 0 Å².